The second-order valence-corrected chi connectivity index (χ2v) is 4.20. The van der Waals surface area contributed by atoms with E-state index in [9.17, 15) is 9.90 Å². The van der Waals surface area contributed by atoms with E-state index in [0.717, 1.165) is 19.3 Å². The molecular formula is C19H32O2Sn. The quantitative estimate of drug-likeness (QED) is 0.539. The van der Waals surface area contributed by atoms with E-state index in [-0.39, 0.29) is 23.9 Å². The molecule has 0 aliphatic heterocycles. The Morgan fingerprint density at radius 1 is 0.818 bits per heavy atom. The molecule has 0 aliphatic carbocycles. The molecule has 22 heavy (non-hydrogen) atoms. The molecule has 0 radical (unpaired) electrons. The van der Waals surface area contributed by atoms with Crippen LogP contribution in [0.3, 0.4) is 0 Å². The largest absolute Gasteiger partial charge is 4.00 e. The van der Waals surface area contributed by atoms with Gasteiger partial charge in [-0.25, -0.2) is 0 Å². The smallest absolute Gasteiger partial charge is 0.870 e. The van der Waals surface area contributed by atoms with Crippen LogP contribution in [-0.2, 0) is 0 Å². The molecule has 124 valence electrons. The first-order valence-corrected chi connectivity index (χ1v) is 7.69. The monoisotopic (exact) mass is 412 g/mol. The predicted octanol–water partition coefficient (Wildman–Crippen LogP) is 4.60. The van der Waals surface area contributed by atoms with Gasteiger partial charge in [0.1, 0.15) is 0 Å². The van der Waals surface area contributed by atoms with Crippen LogP contribution in [-0.4, -0.2) is 23.9 Å². The molecule has 0 aliphatic rings. The molecule has 0 spiro atoms. The van der Waals surface area contributed by atoms with Gasteiger partial charge in [-0.15, -0.1) is 0 Å². The van der Waals surface area contributed by atoms with Crippen molar-refractivity contribution in [1.82, 2.24) is 0 Å². The summed E-state index contributed by atoms with van der Waals surface area (Å²) in [6.45, 7) is 17.2. The fourth-order valence-corrected chi connectivity index (χ4v) is 0.514. The van der Waals surface area contributed by atoms with E-state index < -0.39 is 11.2 Å². The van der Waals surface area contributed by atoms with E-state index in [1.807, 2.05) is 0 Å². The minimum atomic E-state index is -0.458. The molecule has 0 unspecified atom stereocenters. The Morgan fingerprint density at radius 3 is 1.45 bits per heavy atom. The first kappa shape index (κ1) is 29.5. The first-order valence-electron chi connectivity index (χ1n) is 7.69. The van der Waals surface area contributed by atoms with Crippen LogP contribution in [0.4, 0.5) is 0 Å². The van der Waals surface area contributed by atoms with Crippen molar-refractivity contribution in [1.29, 1.82) is 0 Å². The molecule has 0 saturated heterocycles. The van der Waals surface area contributed by atoms with Crippen molar-refractivity contribution in [3.8, 4) is 5.75 Å². The maximum Gasteiger partial charge on any atom is 4.00 e. The summed E-state index contributed by atoms with van der Waals surface area (Å²) in [5.41, 5.74) is -0.458. The molecule has 1 aromatic rings. The third-order valence-corrected chi connectivity index (χ3v) is 2.02. The molecule has 0 amide bonds. The molecular weight excluding hydrogens is 379 g/mol. The van der Waals surface area contributed by atoms with Crippen LogP contribution in [0.5, 0.6) is 5.75 Å². The third-order valence-electron chi connectivity index (χ3n) is 2.02. The number of hydrogen-bond donors (Lipinski definition) is 0. The van der Waals surface area contributed by atoms with Gasteiger partial charge in [0.05, 0.1) is 0 Å². The van der Waals surface area contributed by atoms with Crippen molar-refractivity contribution in [3.05, 3.63) is 61.3 Å². The van der Waals surface area contributed by atoms with Crippen LogP contribution in [0.25, 0.3) is 0 Å². The Bertz CT molecular complexity index is 325. The summed E-state index contributed by atoms with van der Waals surface area (Å²) in [7, 11) is 0. The Morgan fingerprint density at radius 2 is 1.14 bits per heavy atom. The molecule has 2 nitrogen and oxygen atoms in total. The summed E-state index contributed by atoms with van der Waals surface area (Å²) in [6, 6.07) is 7.24. The summed E-state index contributed by atoms with van der Waals surface area (Å²) < 4.78 is 0. The van der Waals surface area contributed by atoms with Crippen LogP contribution >= 0.6 is 0 Å². The van der Waals surface area contributed by atoms with Crippen molar-refractivity contribution >= 4 is 23.9 Å². The zero-order chi connectivity index (χ0) is 16.9. The average Bonchev–Trinajstić information content (AvgIpc) is 2.72. The minimum Gasteiger partial charge on any atom is -0.870 e. The van der Waals surface area contributed by atoms with Gasteiger partial charge in [-0.1, -0.05) is 70.0 Å². The van der Waals surface area contributed by atoms with Gasteiger partial charge in [-0.05, 0) is 6.07 Å². The zero-order valence-corrected chi connectivity index (χ0v) is 17.4. The maximum absolute atomic E-state index is 10.5. The average molecular weight is 411 g/mol. The van der Waals surface area contributed by atoms with Crippen molar-refractivity contribution in [2.24, 2.45) is 0 Å². The molecule has 0 heterocycles. The van der Waals surface area contributed by atoms with E-state index in [1.54, 1.807) is 18.2 Å². The fourth-order valence-electron chi connectivity index (χ4n) is 0.514. The van der Waals surface area contributed by atoms with Gasteiger partial charge in [-0.2, -0.15) is 19.3 Å². The van der Waals surface area contributed by atoms with Crippen LogP contribution in [0, 0.1) is 20.8 Å². The van der Waals surface area contributed by atoms with Crippen molar-refractivity contribution in [3.63, 3.8) is 0 Å². The first-order chi connectivity index (χ1) is 10.0. The molecule has 0 fully saturated rings. The predicted molar refractivity (Wildman–Crippen MR) is 98.7 cm³/mol. The third kappa shape index (κ3) is 31.7. The van der Waals surface area contributed by atoms with Crippen LogP contribution < -0.4 is 10.5 Å². The number of hydrogen-bond acceptors (Lipinski definition) is 2. The fraction of sp³-hybridized carbons (Fsp3) is 0.474. The maximum atomic E-state index is 10.5. The van der Waals surface area contributed by atoms with Gasteiger partial charge in [0.2, 0.25) is 0 Å². The molecule has 0 atom stereocenters. The zero-order valence-electron chi connectivity index (χ0n) is 14.6. The van der Waals surface area contributed by atoms with Gasteiger partial charge >= 0.3 is 23.9 Å². The second-order valence-electron chi connectivity index (χ2n) is 4.20. The van der Waals surface area contributed by atoms with Crippen LogP contribution in [0.1, 0.15) is 59.3 Å². The molecule has 0 aromatic heterocycles. The molecule has 0 bridgehead atoms. The van der Waals surface area contributed by atoms with E-state index in [2.05, 4.69) is 41.5 Å². The number of unbranched alkanes of at least 4 members (excludes halogenated alkanes) is 3. The van der Waals surface area contributed by atoms with Crippen LogP contribution in [0.15, 0.2) is 35.1 Å². The van der Waals surface area contributed by atoms with Gasteiger partial charge in [0.15, 0.2) is 5.43 Å². The summed E-state index contributed by atoms with van der Waals surface area (Å²) in [4.78, 5) is 10.5. The Balaban J connectivity index is -0.000000107. The van der Waals surface area contributed by atoms with Gasteiger partial charge in [-0.3, -0.25) is 4.79 Å². The minimum absolute atomic E-state index is 0. The van der Waals surface area contributed by atoms with Crippen LogP contribution in [0.2, 0.25) is 0 Å². The van der Waals surface area contributed by atoms with Gasteiger partial charge in [0.25, 0.3) is 0 Å². The second kappa shape index (κ2) is 28.6. The standard InChI is InChI=1S/C7H6O2.3C4H9.Sn/c8-6-4-2-1-3-5-7(6)9;3*1-3-4-2;/h1-5H,(H,8,9);3*1,3-4H2,2H3;/q;3*-1;+4/p-1. The van der Waals surface area contributed by atoms with E-state index in [1.165, 1.54) is 31.4 Å². The Kier molecular flexibility index (Phi) is 38.4. The molecule has 3 heteroatoms. The van der Waals surface area contributed by atoms with E-state index in [4.69, 9.17) is 0 Å². The summed E-state index contributed by atoms with van der Waals surface area (Å²) in [5, 5.41) is 10.5. The van der Waals surface area contributed by atoms with Gasteiger partial charge in [0, 0.05) is 0 Å². The number of rotatable bonds is 3. The Hall–Kier alpha value is -0.511. The van der Waals surface area contributed by atoms with Crippen molar-refractivity contribution in [2.45, 2.75) is 59.3 Å². The van der Waals surface area contributed by atoms with Gasteiger partial charge < -0.3 is 25.9 Å². The SMILES string of the molecule is O=c1cccccc1[O-].[CH2-]CCC.[CH2-]CCC.[CH2-]CCC.[Sn+4]. The summed E-state index contributed by atoms with van der Waals surface area (Å²) >= 11 is 0. The normalized spacial score (nSPS) is 7.73. The molecule has 1 aromatic carbocycles. The van der Waals surface area contributed by atoms with Crippen molar-refractivity contribution in [2.75, 3.05) is 0 Å². The topological polar surface area (TPSA) is 40.1 Å². The summed E-state index contributed by atoms with van der Waals surface area (Å²) in [5.74, 6) is -0.458. The van der Waals surface area contributed by atoms with E-state index >= 15 is 0 Å². The molecule has 0 saturated carbocycles. The molecule has 1 rings (SSSR count). The Labute approximate surface area is 155 Å². The molecule has 0 N–H and O–H groups in total. The van der Waals surface area contributed by atoms with E-state index in [0.29, 0.717) is 0 Å². The van der Waals surface area contributed by atoms with Crippen molar-refractivity contribution < 1.29 is 5.11 Å². The summed E-state index contributed by atoms with van der Waals surface area (Å²) in [6.07, 6.45) is 6.83.